The number of amides is 1. The van der Waals surface area contributed by atoms with Crippen LogP contribution in [0.1, 0.15) is 10.9 Å². The number of fused-ring (bicyclic) bond motifs is 1. The second-order valence-electron chi connectivity index (χ2n) is 6.10. The van der Waals surface area contributed by atoms with Gasteiger partial charge in [0.2, 0.25) is 5.91 Å². The Labute approximate surface area is 156 Å². The molecule has 3 aromatic carbocycles. The van der Waals surface area contributed by atoms with Crippen LogP contribution in [0.25, 0.3) is 10.8 Å². The number of benzene rings is 3. The van der Waals surface area contributed by atoms with Crippen molar-refractivity contribution in [2.45, 2.75) is 5.37 Å². The number of ether oxygens (including phenoxy) is 2. The van der Waals surface area contributed by atoms with Gasteiger partial charge in [0.1, 0.15) is 16.9 Å². The van der Waals surface area contributed by atoms with Crippen molar-refractivity contribution in [3.63, 3.8) is 0 Å². The normalized spacial score (nSPS) is 16.9. The average molecular weight is 365 g/mol. The van der Waals surface area contributed by atoms with E-state index in [4.69, 9.17) is 9.47 Å². The number of hydrogen-bond acceptors (Lipinski definition) is 4. The molecule has 1 saturated heterocycles. The molecule has 0 unspecified atom stereocenters. The maximum Gasteiger partial charge on any atom is 0.238 e. The fourth-order valence-electron chi connectivity index (χ4n) is 3.22. The Morgan fingerprint density at radius 3 is 2.27 bits per heavy atom. The lowest BCUT2D eigenvalue weighted by molar-refractivity contribution is -0.115. The Hall–Kier alpha value is -2.66. The van der Waals surface area contributed by atoms with Gasteiger partial charge in [0.05, 0.1) is 20.0 Å². The average Bonchev–Trinajstić information content (AvgIpc) is 3.08. The van der Waals surface area contributed by atoms with Gasteiger partial charge in [-0.1, -0.05) is 18.2 Å². The molecule has 1 aliphatic heterocycles. The third-order valence-electron chi connectivity index (χ3n) is 4.58. The van der Waals surface area contributed by atoms with Crippen molar-refractivity contribution in [3.05, 3.63) is 66.2 Å². The molecule has 1 heterocycles. The van der Waals surface area contributed by atoms with Crippen LogP contribution in [0.15, 0.2) is 60.7 Å². The van der Waals surface area contributed by atoms with Crippen molar-refractivity contribution in [1.82, 2.24) is 0 Å². The van der Waals surface area contributed by atoms with Gasteiger partial charge in [0.15, 0.2) is 0 Å². The predicted molar refractivity (Wildman–Crippen MR) is 106 cm³/mol. The van der Waals surface area contributed by atoms with Gasteiger partial charge >= 0.3 is 0 Å². The molecule has 1 atom stereocenters. The second-order valence-corrected chi connectivity index (χ2v) is 7.17. The van der Waals surface area contributed by atoms with Gasteiger partial charge in [0.25, 0.3) is 0 Å². The number of hydrogen-bond donors (Lipinski definition) is 0. The van der Waals surface area contributed by atoms with Crippen molar-refractivity contribution >= 4 is 34.1 Å². The maximum absolute atomic E-state index is 12.5. The van der Waals surface area contributed by atoms with Gasteiger partial charge in [-0.25, -0.2) is 0 Å². The number of nitrogens with zero attached hydrogens (tertiary/aromatic N) is 1. The van der Waals surface area contributed by atoms with Crippen molar-refractivity contribution in [1.29, 1.82) is 0 Å². The van der Waals surface area contributed by atoms with Crippen LogP contribution in [-0.2, 0) is 4.79 Å². The molecular formula is C21H19NO3S. The van der Waals surface area contributed by atoms with Crippen molar-refractivity contribution < 1.29 is 14.3 Å². The number of rotatable bonds is 4. The van der Waals surface area contributed by atoms with Crippen molar-refractivity contribution in [2.75, 3.05) is 24.9 Å². The fourth-order valence-corrected chi connectivity index (χ4v) is 4.38. The van der Waals surface area contributed by atoms with E-state index in [1.807, 2.05) is 41.3 Å². The zero-order valence-corrected chi connectivity index (χ0v) is 15.5. The van der Waals surface area contributed by atoms with Crippen LogP contribution in [0.5, 0.6) is 11.5 Å². The molecule has 0 bridgehead atoms. The highest BCUT2D eigenvalue weighted by Gasteiger charge is 2.34. The molecule has 0 N–H and O–H groups in total. The number of thioether (sulfide) groups is 1. The summed E-state index contributed by atoms with van der Waals surface area (Å²) in [4.78, 5) is 14.4. The fraction of sp³-hybridized carbons (Fsp3) is 0.190. The summed E-state index contributed by atoms with van der Waals surface area (Å²) in [7, 11) is 3.31. The molecule has 0 saturated carbocycles. The molecular weight excluding hydrogens is 346 g/mol. The van der Waals surface area contributed by atoms with E-state index >= 15 is 0 Å². The number of methoxy groups -OCH3 is 2. The Morgan fingerprint density at radius 1 is 0.885 bits per heavy atom. The molecule has 4 rings (SSSR count). The van der Waals surface area contributed by atoms with Crippen LogP contribution < -0.4 is 14.4 Å². The molecule has 0 aromatic heterocycles. The van der Waals surface area contributed by atoms with Gasteiger partial charge < -0.3 is 9.47 Å². The summed E-state index contributed by atoms with van der Waals surface area (Å²) < 4.78 is 10.5. The molecule has 4 nitrogen and oxygen atoms in total. The van der Waals surface area contributed by atoms with E-state index in [0.29, 0.717) is 5.75 Å². The van der Waals surface area contributed by atoms with Gasteiger partial charge in [0, 0.05) is 5.69 Å². The van der Waals surface area contributed by atoms with E-state index < -0.39 is 0 Å². The van der Waals surface area contributed by atoms with Crippen molar-refractivity contribution in [3.8, 4) is 11.5 Å². The van der Waals surface area contributed by atoms with Gasteiger partial charge in [-0.3, -0.25) is 9.69 Å². The highest BCUT2D eigenvalue weighted by molar-refractivity contribution is 8.00. The maximum atomic E-state index is 12.5. The topological polar surface area (TPSA) is 38.8 Å². The smallest absolute Gasteiger partial charge is 0.238 e. The standard InChI is InChI=1S/C21H19NO3S/c1-24-18-9-6-17(7-10-18)22-20(23)13-26-21(22)16-4-3-15-12-19(25-2)8-5-14(15)11-16/h3-12,21H,13H2,1-2H3/t21-/m1/s1. The minimum absolute atomic E-state index is 0.0256. The molecule has 5 heteroatoms. The van der Waals surface area contributed by atoms with Gasteiger partial charge in [-0.2, -0.15) is 0 Å². The van der Waals surface area contributed by atoms with Crippen LogP contribution in [-0.4, -0.2) is 25.9 Å². The monoisotopic (exact) mass is 365 g/mol. The Morgan fingerprint density at radius 2 is 1.54 bits per heavy atom. The first-order valence-electron chi connectivity index (χ1n) is 8.35. The lowest BCUT2D eigenvalue weighted by atomic mass is 10.1. The molecule has 0 spiro atoms. The van der Waals surface area contributed by atoms with Crippen LogP contribution in [0, 0.1) is 0 Å². The Kier molecular flexibility index (Phi) is 4.47. The summed E-state index contributed by atoms with van der Waals surface area (Å²) in [6.07, 6.45) is 0. The summed E-state index contributed by atoms with van der Waals surface area (Å²) in [5.41, 5.74) is 2.01. The lowest BCUT2D eigenvalue weighted by Crippen LogP contribution is -2.27. The van der Waals surface area contributed by atoms with E-state index in [0.717, 1.165) is 33.5 Å². The number of anilines is 1. The molecule has 132 valence electrons. The number of carbonyl (C=O) groups excluding carboxylic acids is 1. The highest BCUT2D eigenvalue weighted by atomic mass is 32.2. The van der Waals surface area contributed by atoms with Gasteiger partial charge in [-0.15, -0.1) is 11.8 Å². The summed E-state index contributed by atoms with van der Waals surface area (Å²) in [5, 5.41) is 2.23. The molecule has 1 amide bonds. The summed E-state index contributed by atoms with van der Waals surface area (Å²) in [6, 6.07) is 20.0. The first kappa shape index (κ1) is 16.8. The van der Waals surface area contributed by atoms with E-state index in [1.165, 1.54) is 0 Å². The molecule has 1 fully saturated rings. The first-order valence-corrected chi connectivity index (χ1v) is 9.40. The Balaban J connectivity index is 1.70. The molecule has 3 aromatic rings. The Bertz CT molecular complexity index is 955. The molecule has 26 heavy (non-hydrogen) atoms. The largest absolute Gasteiger partial charge is 0.497 e. The van der Waals surface area contributed by atoms with E-state index in [9.17, 15) is 4.79 Å². The quantitative estimate of drug-likeness (QED) is 0.675. The molecule has 1 aliphatic rings. The first-order chi connectivity index (χ1) is 12.7. The van der Waals surface area contributed by atoms with E-state index in [2.05, 4.69) is 24.3 Å². The summed E-state index contributed by atoms with van der Waals surface area (Å²) in [5.74, 6) is 2.23. The summed E-state index contributed by atoms with van der Waals surface area (Å²) in [6.45, 7) is 0. The lowest BCUT2D eigenvalue weighted by Gasteiger charge is -2.24. The minimum atomic E-state index is -0.0256. The second kappa shape index (κ2) is 6.92. The van der Waals surface area contributed by atoms with Gasteiger partial charge in [-0.05, 0) is 58.8 Å². The molecule has 0 radical (unpaired) electrons. The van der Waals surface area contributed by atoms with Crippen molar-refractivity contribution in [2.24, 2.45) is 0 Å². The zero-order valence-electron chi connectivity index (χ0n) is 14.6. The van der Waals surface area contributed by atoms with E-state index in [1.54, 1.807) is 26.0 Å². The van der Waals surface area contributed by atoms with Crippen LogP contribution in [0.3, 0.4) is 0 Å². The highest BCUT2D eigenvalue weighted by Crippen LogP contribution is 2.42. The van der Waals surface area contributed by atoms with Crippen LogP contribution in [0.2, 0.25) is 0 Å². The van der Waals surface area contributed by atoms with E-state index in [-0.39, 0.29) is 11.3 Å². The van der Waals surface area contributed by atoms with Crippen LogP contribution >= 0.6 is 11.8 Å². The predicted octanol–water partition coefficient (Wildman–Crippen LogP) is 4.64. The van der Waals surface area contributed by atoms with Crippen LogP contribution in [0.4, 0.5) is 5.69 Å². The molecule has 0 aliphatic carbocycles. The SMILES string of the molecule is COc1ccc(N2C(=O)CS[C@@H]2c2ccc3cc(OC)ccc3c2)cc1. The third kappa shape index (κ3) is 2.99. The third-order valence-corrected chi connectivity index (χ3v) is 5.79. The minimum Gasteiger partial charge on any atom is -0.497 e. The number of carbonyl (C=O) groups is 1. The summed E-state index contributed by atoms with van der Waals surface area (Å²) >= 11 is 1.65. The zero-order chi connectivity index (χ0) is 18.1.